The van der Waals surface area contributed by atoms with Gasteiger partial charge in [0.05, 0.1) is 20.3 Å². The Morgan fingerprint density at radius 1 is 0.967 bits per heavy atom. The Labute approximate surface area is 176 Å². The Morgan fingerprint density at radius 3 is 2.07 bits per heavy atom. The van der Waals surface area contributed by atoms with Gasteiger partial charge in [-0.25, -0.2) is 4.39 Å². The summed E-state index contributed by atoms with van der Waals surface area (Å²) in [6.45, 7) is 3.60. The van der Waals surface area contributed by atoms with E-state index in [4.69, 9.17) is 9.47 Å². The number of ether oxygens (including phenoxy) is 2. The van der Waals surface area contributed by atoms with Crippen LogP contribution >= 0.6 is 0 Å². The molecule has 0 amide bonds. The first-order valence-electron chi connectivity index (χ1n) is 10.1. The lowest BCUT2D eigenvalue weighted by Gasteiger charge is -2.30. The van der Waals surface area contributed by atoms with E-state index in [1.54, 1.807) is 13.2 Å². The summed E-state index contributed by atoms with van der Waals surface area (Å²) in [7, 11) is 1.58. The zero-order chi connectivity index (χ0) is 20.8. The van der Waals surface area contributed by atoms with E-state index in [1.165, 1.54) is 0 Å². The molecule has 0 atom stereocenters. The van der Waals surface area contributed by atoms with Gasteiger partial charge in [0.1, 0.15) is 5.69 Å². The fourth-order valence-corrected chi connectivity index (χ4v) is 3.66. The number of morpholine rings is 1. The molecule has 5 nitrogen and oxygen atoms in total. The molecule has 3 aromatic rings. The number of anilines is 2. The molecule has 0 bridgehead atoms. The van der Waals surface area contributed by atoms with Crippen molar-refractivity contribution in [3.05, 3.63) is 83.7 Å². The summed E-state index contributed by atoms with van der Waals surface area (Å²) in [5, 5.41) is 0. The lowest BCUT2D eigenvalue weighted by Crippen LogP contribution is -2.37. The second-order valence-corrected chi connectivity index (χ2v) is 7.25. The number of rotatable bonds is 7. The monoisotopic (exact) mass is 407 g/mol. The molecule has 1 aromatic heterocycles. The van der Waals surface area contributed by atoms with Crippen molar-refractivity contribution in [2.75, 3.05) is 43.2 Å². The molecular weight excluding hydrogens is 381 g/mol. The van der Waals surface area contributed by atoms with Crippen LogP contribution in [0.15, 0.2) is 66.7 Å². The Hall–Kier alpha value is -3.12. The van der Waals surface area contributed by atoms with Crippen LogP contribution in [0.1, 0.15) is 11.1 Å². The van der Waals surface area contributed by atoms with E-state index in [2.05, 4.69) is 34.1 Å². The topological polar surface area (TPSA) is 37.8 Å². The van der Waals surface area contributed by atoms with E-state index in [1.807, 2.05) is 41.3 Å². The van der Waals surface area contributed by atoms with Crippen LogP contribution < -0.4 is 14.5 Å². The van der Waals surface area contributed by atoms with E-state index in [-0.39, 0.29) is 5.82 Å². The van der Waals surface area contributed by atoms with Crippen LogP contribution in [-0.4, -0.2) is 38.4 Å². The number of benzene rings is 2. The smallest absolute Gasteiger partial charge is 0.239 e. The van der Waals surface area contributed by atoms with Crippen molar-refractivity contribution < 1.29 is 13.9 Å². The number of pyridine rings is 1. The first kappa shape index (κ1) is 20.2. The van der Waals surface area contributed by atoms with Crippen LogP contribution in [0.5, 0.6) is 5.88 Å². The lowest BCUT2D eigenvalue weighted by atomic mass is 10.1. The second kappa shape index (κ2) is 9.59. The highest BCUT2D eigenvalue weighted by Crippen LogP contribution is 2.34. The number of methoxy groups -OCH3 is 1. The molecule has 6 heteroatoms. The van der Waals surface area contributed by atoms with Gasteiger partial charge in [-0.15, -0.1) is 0 Å². The van der Waals surface area contributed by atoms with Gasteiger partial charge in [-0.05, 0) is 11.1 Å². The third-order valence-electron chi connectivity index (χ3n) is 5.18. The van der Waals surface area contributed by atoms with Crippen molar-refractivity contribution in [1.82, 2.24) is 4.98 Å². The molecule has 0 unspecified atom stereocenters. The molecule has 1 aliphatic heterocycles. The first-order valence-corrected chi connectivity index (χ1v) is 10.1. The van der Waals surface area contributed by atoms with Crippen LogP contribution in [0.25, 0.3) is 0 Å². The molecule has 4 rings (SSSR count). The van der Waals surface area contributed by atoms with Crippen molar-refractivity contribution in [1.29, 1.82) is 0 Å². The summed E-state index contributed by atoms with van der Waals surface area (Å²) in [6, 6.07) is 21.8. The molecule has 156 valence electrons. The third-order valence-corrected chi connectivity index (χ3v) is 5.18. The van der Waals surface area contributed by atoms with Crippen LogP contribution in [0.3, 0.4) is 0 Å². The van der Waals surface area contributed by atoms with Gasteiger partial charge in [-0.3, -0.25) is 0 Å². The SMILES string of the molecule is COc1nc(N2CCOCC2)c(F)cc1N(Cc1ccccc1)Cc1ccccc1. The molecule has 2 heterocycles. The third kappa shape index (κ3) is 4.71. The zero-order valence-electron chi connectivity index (χ0n) is 17.1. The summed E-state index contributed by atoms with van der Waals surface area (Å²) in [6.07, 6.45) is 0. The fourth-order valence-electron chi connectivity index (χ4n) is 3.66. The summed E-state index contributed by atoms with van der Waals surface area (Å²) < 4.78 is 26.2. The molecule has 0 radical (unpaired) electrons. The number of hydrogen-bond donors (Lipinski definition) is 0. The van der Waals surface area contributed by atoms with Gasteiger partial charge in [0.2, 0.25) is 5.88 Å². The average Bonchev–Trinajstić information content (AvgIpc) is 2.80. The van der Waals surface area contributed by atoms with Gasteiger partial charge >= 0.3 is 0 Å². The molecule has 0 N–H and O–H groups in total. The van der Waals surface area contributed by atoms with Gasteiger partial charge in [-0.2, -0.15) is 4.98 Å². The standard InChI is InChI=1S/C24H26FN3O2/c1-29-24-22(16-21(25)23(26-24)27-12-14-30-15-13-27)28(17-19-8-4-2-5-9-19)18-20-10-6-3-7-11-20/h2-11,16H,12-15,17-18H2,1H3. The highest BCUT2D eigenvalue weighted by molar-refractivity contribution is 5.61. The minimum absolute atomic E-state index is 0.318. The summed E-state index contributed by atoms with van der Waals surface area (Å²) >= 11 is 0. The Kier molecular flexibility index (Phi) is 6.44. The Balaban J connectivity index is 1.70. The largest absolute Gasteiger partial charge is 0.479 e. The van der Waals surface area contributed by atoms with Crippen molar-refractivity contribution in [3.63, 3.8) is 0 Å². The minimum atomic E-state index is -0.348. The zero-order valence-corrected chi connectivity index (χ0v) is 17.1. The first-order chi connectivity index (χ1) is 14.7. The lowest BCUT2D eigenvalue weighted by molar-refractivity contribution is 0.122. The predicted molar refractivity (Wildman–Crippen MR) is 117 cm³/mol. The van der Waals surface area contributed by atoms with Gasteiger partial charge in [0.15, 0.2) is 11.6 Å². The van der Waals surface area contributed by atoms with Gasteiger partial charge in [0.25, 0.3) is 0 Å². The summed E-state index contributed by atoms with van der Waals surface area (Å²) in [5.74, 6) is 0.391. The molecular formula is C24H26FN3O2. The summed E-state index contributed by atoms with van der Waals surface area (Å²) in [4.78, 5) is 8.56. The quantitative estimate of drug-likeness (QED) is 0.585. The normalized spacial score (nSPS) is 13.9. The molecule has 30 heavy (non-hydrogen) atoms. The average molecular weight is 407 g/mol. The number of aromatic nitrogens is 1. The van der Waals surface area contributed by atoms with Crippen molar-refractivity contribution in [3.8, 4) is 5.88 Å². The van der Waals surface area contributed by atoms with Crippen LogP contribution in [0, 0.1) is 5.82 Å². The number of nitrogens with zero attached hydrogens (tertiary/aromatic N) is 3. The maximum atomic E-state index is 15.2. The van der Waals surface area contributed by atoms with Crippen molar-refractivity contribution in [2.24, 2.45) is 0 Å². The van der Waals surface area contributed by atoms with E-state index >= 15 is 4.39 Å². The molecule has 0 aliphatic carbocycles. The maximum absolute atomic E-state index is 15.2. The maximum Gasteiger partial charge on any atom is 0.239 e. The second-order valence-electron chi connectivity index (χ2n) is 7.25. The van der Waals surface area contributed by atoms with Gasteiger partial charge < -0.3 is 19.3 Å². The van der Waals surface area contributed by atoms with E-state index in [0.29, 0.717) is 56.8 Å². The van der Waals surface area contributed by atoms with E-state index < -0.39 is 0 Å². The Bertz CT molecular complexity index is 906. The number of hydrogen-bond acceptors (Lipinski definition) is 5. The predicted octanol–water partition coefficient (Wildman–Crippen LogP) is 4.27. The fraction of sp³-hybridized carbons (Fsp3) is 0.292. The van der Waals surface area contributed by atoms with E-state index in [0.717, 1.165) is 11.1 Å². The molecule has 1 aliphatic rings. The molecule has 0 saturated carbocycles. The van der Waals surface area contributed by atoms with E-state index in [9.17, 15) is 0 Å². The van der Waals surface area contributed by atoms with Crippen molar-refractivity contribution >= 4 is 11.5 Å². The van der Waals surface area contributed by atoms with Crippen LogP contribution in [0.2, 0.25) is 0 Å². The highest BCUT2D eigenvalue weighted by Gasteiger charge is 2.23. The number of halogens is 1. The van der Waals surface area contributed by atoms with Gasteiger partial charge in [-0.1, -0.05) is 60.7 Å². The van der Waals surface area contributed by atoms with Crippen molar-refractivity contribution in [2.45, 2.75) is 13.1 Å². The molecule has 0 spiro atoms. The Morgan fingerprint density at radius 2 is 1.53 bits per heavy atom. The molecule has 1 fully saturated rings. The van der Waals surface area contributed by atoms with Gasteiger partial charge in [0, 0.05) is 32.2 Å². The van der Waals surface area contributed by atoms with Crippen LogP contribution in [-0.2, 0) is 17.8 Å². The molecule has 1 saturated heterocycles. The van der Waals surface area contributed by atoms with Crippen LogP contribution in [0.4, 0.5) is 15.9 Å². The minimum Gasteiger partial charge on any atom is -0.479 e. The summed E-state index contributed by atoms with van der Waals surface area (Å²) in [5.41, 5.74) is 2.90. The molecule has 2 aromatic carbocycles. The highest BCUT2D eigenvalue weighted by atomic mass is 19.1.